The van der Waals surface area contributed by atoms with E-state index in [0.717, 1.165) is 45.7 Å². The van der Waals surface area contributed by atoms with Crippen LogP contribution in [0.3, 0.4) is 0 Å². The summed E-state index contributed by atoms with van der Waals surface area (Å²) in [5.74, 6) is 0.819. The van der Waals surface area contributed by atoms with Gasteiger partial charge in [-0.2, -0.15) is 0 Å². The number of nitrogens with zero attached hydrogens (tertiary/aromatic N) is 3. The second kappa shape index (κ2) is 6.23. The highest BCUT2D eigenvalue weighted by Crippen LogP contribution is 2.18. The highest BCUT2D eigenvalue weighted by atomic mass is 16.5. The molecule has 2 aliphatic rings. The van der Waals surface area contributed by atoms with Gasteiger partial charge in [0, 0.05) is 52.7 Å². The zero-order chi connectivity index (χ0) is 13.8. The average molecular weight is 269 g/mol. The normalized spacial score (nSPS) is 25.6. The highest BCUT2D eigenvalue weighted by molar-refractivity contribution is 5.76. The number of methoxy groups -OCH3 is 1. The van der Waals surface area contributed by atoms with Gasteiger partial charge in [-0.05, 0) is 12.3 Å². The van der Waals surface area contributed by atoms with Gasteiger partial charge in [0.25, 0.3) is 0 Å². The van der Waals surface area contributed by atoms with E-state index in [1.54, 1.807) is 4.90 Å². The van der Waals surface area contributed by atoms with Crippen LogP contribution in [0, 0.1) is 5.92 Å². The summed E-state index contributed by atoms with van der Waals surface area (Å²) in [5, 5.41) is 0. The molecule has 1 unspecified atom stereocenters. The minimum Gasteiger partial charge on any atom is -0.453 e. The van der Waals surface area contributed by atoms with Crippen LogP contribution in [-0.2, 0) is 9.53 Å². The van der Waals surface area contributed by atoms with E-state index in [4.69, 9.17) is 4.74 Å². The van der Waals surface area contributed by atoms with Gasteiger partial charge in [-0.1, -0.05) is 0 Å². The lowest BCUT2D eigenvalue weighted by atomic mass is 9.97. The highest BCUT2D eigenvalue weighted by Gasteiger charge is 2.27. The number of piperazine rings is 1. The lowest BCUT2D eigenvalue weighted by Crippen LogP contribution is -2.51. The van der Waals surface area contributed by atoms with E-state index in [1.807, 2.05) is 11.9 Å². The number of hydrogen-bond donors (Lipinski definition) is 0. The van der Waals surface area contributed by atoms with Crippen molar-refractivity contribution in [3.05, 3.63) is 0 Å². The molecule has 0 bridgehead atoms. The molecule has 0 saturated carbocycles. The van der Waals surface area contributed by atoms with Crippen LogP contribution in [0.4, 0.5) is 4.79 Å². The Morgan fingerprint density at radius 2 is 2.00 bits per heavy atom. The van der Waals surface area contributed by atoms with Crippen LogP contribution in [0.25, 0.3) is 0 Å². The van der Waals surface area contributed by atoms with Crippen molar-refractivity contribution in [3.63, 3.8) is 0 Å². The summed E-state index contributed by atoms with van der Waals surface area (Å²) in [7, 11) is 3.30. The minimum absolute atomic E-state index is 0.234. The first-order valence-corrected chi connectivity index (χ1v) is 6.89. The van der Waals surface area contributed by atoms with Gasteiger partial charge >= 0.3 is 6.09 Å². The van der Waals surface area contributed by atoms with Crippen LogP contribution in [0.1, 0.15) is 12.8 Å². The van der Waals surface area contributed by atoms with E-state index < -0.39 is 0 Å². The molecule has 2 amide bonds. The average Bonchev–Trinajstić information content (AvgIpc) is 2.43. The molecule has 2 rings (SSSR count). The summed E-state index contributed by atoms with van der Waals surface area (Å²) in [6.45, 7) is 5.12. The third-order valence-corrected chi connectivity index (χ3v) is 4.05. The van der Waals surface area contributed by atoms with Crippen molar-refractivity contribution in [1.82, 2.24) is 14.7 Å². The fourth-order valence-electron chi connectivity index (χ4n) is 2.86. The summed E-state index contributed by atoms with van der Waals surface area (Å²) in [5.41, 5.74) is 0. The van der Waals surface area contributed by atoms with Gasteiger partial charge in [-0.15, -0.1) is 0 Å². The summed E-state index contributed by atoms with van der Waals surface area (Å²) in [6, 6.07) is 0. The first-order chi connectivity index (χ1) is 9.10. The Balaban J connectivity index is 1.74. The molecular weight excluding hydrogens is 246 g/mol. The Bertz CT molecular complexity index is 340. The Kier molecular flexibility index (Phi) is 4.63. The lowest BCUT2D eigenvalue weighted by molar-refractivity contribution is -0.133. The molecule has 108 valence electrons. The number of carbonyl (C=O) groups excluding carboxylic acids is 2. The van der Waals surface area contributed by atoms with Crippen LogP contribution < -0.4 is 0 Å². The third kappa shape index (κ3) is 3.59. The smallest absolute Gasteiger partial charge is 0.409 e. The van der Waals surface area contributed by atoms with Crippen molar-refractivity contribution in [2.24, 2.45) is 5.92 Å². The van der Waals surface area contributed by atoms with Crippen LogP contribution in [0.15, 0.2) is 0 Å². The fraction of sp³-hybridized carbons (Fsp3) is 0.846. The van der Waals surface area contributed by atoms with Crippen molar-refractivity contribution in [2.75, 3.05) is 53.4 Å². The van der Waals surface area contributed by atoms with Gasteiger partial charge in [0.05, 0.1) is 7.11 Å². The zero-order valence-corrected chi connectivity index (χ0v) is 11.8. The maximum atomic E-state index is 11.4. The first-order valence-electron chi connectivity index (χ1n) is 6.89. The molecule has 0 aromatic carbocycles. The summed E-state index contributed by atoms with van der Waals surface area (Å²) < 4.78 is 4.73. The second-order valence-corrected chi connectivity index (χ2v) is 5.44. The molecule has 2 saturated heterocycles. The predicted molar refractivity (Wildman–Crippen MR) is 70.8 cm³/mol. The molecule has 1 atom stereocenters. The number of carbonyl (C=O) groups is 2. The van der Waals surface area contributed by atoms with Gasteiger partial charge < -0.3 is 14.5 Å². The monoisotopic (exact) mass is 269 g/mol. The molecule has 2 fully saturated rings. The predicted octanol–water partition coefficient (Wildman–Crippen LogP) is 0.239. The Morgan fingerprint density at radius 3 is 2.58 bits per heavy atom. The van der Waals surface area contributed by atoms with E-state index in [-0.39, 0.29) is 12.0 Å². The maximum Gasteiger partial charge on any atom is 0.409 e. The van der Waals surface area contributed by atoms with E-state index in [9.17, 15) is 9.59 Å². The van der Waals surface area contributed by atoms with E-state index in [1.165, 1.54) is 7.11 Å². The van der Waals surface area contributed by atoms with Crippen molar-refractivity contribution in [2.45, 2.75) is 12.8 Å². The van der Waals surface area contributed by atoms with Crippen molar-refractivity contribution in [1.29, 1.82) is 0 Å². The molecule has 2 heterocycles. The van der Waals surface area contributed by atoms with Crippen LogP contribution in [0.5, 0.6) is 0 Å². The summed E-state index contributed by atoms with van der Waals surface area (Å²) in [4.78, 5) is 28.8. The van der Waals surface area contributed by atoms with E-state index in [2.05, 4.69) is 4.90 Å². The third-order valence-electron chi connectivity index (χ3n) is 4.05. The molecule has 6 heteroatoms. The van der Waals surface area contributed by atoms with Crippen molar-refractivity contribution >= 4 is 12.0 Å². The largest absolute Gasteiger partial charge is 0.453 e. The Morgan fingerprint density at radius 1 is 1.32 bits per heavy atom. The molecule has 2 aliphatic heterocycles. The van der Waals surface area contributed by atoms with Gasteiger partial charge in [-0.3, -0.25) is 9.69 Å². The fourth-order valence-corrected chi connectivity index (χ4v) is 2.86. The van der Waals surface area contributed by atoms with Gasteiger partial charge in [0.2, 0.25) is 5.91 Å². The Hall–Kier alpha value is -1.30. The quantitative estimate of drug-likeness (QED) is 0.720. The second-order valence-electron chi connectivity index (χ2n) is 5.44. The molecule has 19 heavy (non-hydrogen) atoms. The van der Waals surface area contributed by atoms with E-state index in [0.29, 0.717) is 12.3 Å². The molecule has 0 N–H and O–H groups in total. The molecular formula is C13H23N3O3. The van der Waals surface area contributed by atoms with E-state index >= 15 is 0 Å². The van der Waals surface area contributed by atoms with Gasteiger partial charge in [0.1, 0.15) is 0 Å². The minimum atomic E-state index is -0.234. The standard InChI is InChI=1S/C13H23N3O3/c1-14-9-11(3-4-12(14)17)10-15-5-7-16(8-6-15)13(18)19-2/h11H,3-10H2,1-2H3. The van der Waals surface area contributed by atoms with Crippen LogP contribution in [-0.4, -0.2) is 80.1 Å². The molecule has 0 spiro atoms. The number of hydrogen-bond acceptors (Lipinski definition) is 4. The van der Waals surface area contributed by atoms with Crippen LogP contribution in [0.2, 0.25) is 0 Å². The number of ether oxygens (including phenoxy) is 1. The van der Waals surface area contributed by atoms with Crippen molar-refractivity contribution in [3.8, 4) is 0 Å². The SMILES string of the molecule is COC(=O)N1CCN(CC2CCC(=O)N(C)C2)CC1. The molecule has 0 aromatic heterocycles. The number of likely N-dealkylation sites (tertiary alicyclic amines) is 1. The van der Waals surface area contributed by atoms with Gasteiger partial charge in [0.15, 0.2) is 0 Å². The van der Waals surface area contributed by atoms with Crippen molar-refractivity contribution < 1.29 is 14.3 Å². The lowest BCUT2D eigenvalue weighted by Gasteiger charge is -2.38. The summed E-state index contributed by atoms with van der Waals surface area (Å²) in [6.07, 6.45) is 1.42. The van der Waals surface area contributed by atoms with Gasteiger partial charge in [-0.25, -0.2) is 4.79 Å². The first kappa shape index (κ1) is 14.1. The number of rotatable bonds is 2. The van der Waals surface area contributed by atoms with Crippen LogP contribution >= 0.6 is 0 Å². The molecule has 6 nitrogen and oxygen atoms in total. The Labute approximate surface area is 114 Å². The topological polar surface area (TPSA) is 53.1 Å². The molecule has 0 radical (unpaired) electrons. The molecule has 0 aromatic rings. The maximum absolute atomic E-state index is 11.4. The number of amides is 2. The summed E-state index contributed by atoms with van der Waals surface area (Å²) >= 11 is 0. The zero-order valence-electron chi connectivity index (χ0n) is 11.8. The number of piperidine rings is 1. The molecule has 0 aliphatic carbocycles.